The molecule has 0 saturated heterocycles. The van der Waals surface area contributed by atoms with Crippen LogP contribution in [0.25, 0.3) is 11.3 Å². The van der Waals surface area contributed by atoms with Crippen LogP contribution in [0.2, 0.25) is 0 Å². The minimum absolute atomic E-state index is 0.275. The van der Waals surface area contributed by atoms with E-state index in [1.54, 1.807) is 6.33 Å². The maximum atomic E-state index is 12.0. The number of urea groups is 1. The van der Waals surface area contributed by atoms with Crippen LogP contribution < -0.4 is 10.6 Å². The average Bonchev–Trinajstić information content (AvgIpc) is 3.11. The number of rotatable bonds is 5. The van der Waals surface area contributed by atoms with Gasteiger partial charge in [-0.15, -0.1) is 15.3 Å². The van der Waals surface area contributed by atoms with Gasteiger partial charge < -0.3 is 15.2 Å². The number of carbonyl (C=O) groups is 1. The standard InChI is InChI=1S/C15H15N7OS/c23-15(16-7-14-20-17-9-22(14)12-5-6-12)18-11-3-1-10(2-4-11)13-8-24-21-19-13/h1-4,8-9,12H,5-7H2,(H2,16,18,23). The highest BCUT2D eigenvalue weighted by Gasteiger charge is 2.25. The van der Waals surface area contributed by atoms with Crippen LogP contribution in [0.3, 0.4) is 0 Å². The van der Waals surface area contributed by atoms with Crippen molar-refractivity contribution in [2.24, 2.45) is 0 Å². The van der Waals surface area contributed by atoms with Crippen LogP contribution in [0.4, 0.5) is 10.5 Å². The van der Waals surface area contributed by atoms with E-state index in [0.29, 0.717) is 18.3 Å². The molecule has 1 saturated carbocycles. The van der Waals surface area contributed by atoms with Gasteiger partial charge in [-0.25, -0.2) is 4.79 Å². The summed E-state index contributed by atoms with van der Waals surface area (Å²) in [6, 6.07) is 7.68. The zero-order chi connectivity index (χ0) is 16.4. The molecule has 2 aromatic heterocycles. The fourth-order valence-electron chi connectivity index (χ4n) is 2.40. The molecule has 1 aromatic carbocycles. The fourth-order valence-corrected chi connectivity index (χ4v) is 2.87. The van der Waals surface area contributed by atoms with Crippen LogP contribution in [0.1, 0.15) is 24.7 Å². The Balaban J connectivity index is 1.33. The molecule has 2 heterocycles. The smallest absolute Gasteiger partial charge is 0.319 e. The Kier molecular flexibility index (Phi) is 3.91. The van der Waals surface area contributed by atoms with Crippen molar-refractivity contribution in [2.45, 2.75) is 25.4 Å². The Morgan fingerprint density at radius 2 is 2.08 bits per heavy atom. The summed E-state index contributed by atoms with van der Waals surface area (Å²) < 4.78 is 5.87. The molecule has 122 valence electrons. The van der Waals surface area contributed by atoms with E-state index >= 15 is 0 Å². The molecular formula is C15H15N7OS. The fraction of sp³-hybridized carbons (Fsp3) is 0.267. The first kappa shape index (κ1) is 14.8. The van der Waals surface area contributed by atoms with E-state index in [1.165, 1.54) is 11.5 Å². The highest BCUT2D eigenvalue weighted by atomic mass is 32.1. The van der Waals surface area contributed by atoms with Crippen LogP contribution in [0, 0.1) is 0 Å². The van der Waals surface area contributed by atoms with Crippen molar-refractivity contribution >= 4 is 23.3 Å². The molecule has 24 heavy (non-hydrogen) atoms. The van der Waals surface area contributed by atoms with Crippen LogP contribution in [0.5, 0.6) is 0 Å². The van der Waals surface area contributed by atoms with E-state index in [2.05, 4.69) is 30.4 Å². The lowest BCUT2D eigenvalue weighted by atomic mass is 10.1. The van der Waals surface area contributed by atoms with Crippen LogP contribution >= 0.6 is 11.5 Å². The lowest BCUT2D eigenvalue weighted by Crippen LogP contribution is -2.29. The number of carbonyl (C=O) groups excluding carboxylic acids is 1. The first-order valence-electron chi connectivity index (χ1n) is 7.60. The third kappa shape index (κ3) is 3.25. The van der Waals surface area contributed by atoms with Gasteiger partial charge >= 0.3 is 6.03 Å². The van der Waals surface area contributed by atoms with E-state index in [4.69, 9.17) is 0 Å². The van der Waals surface area contributed by atoms with Gasteiger partial charge in [-0.1, -0.05) is 16.6 Å². The number of hydrogen-bond donors (Lipinski definition) is 2. The minimum atomic E-state index is -0.275. The second kappa shape index (κ2) is 6.36. The molecule has 9 heteroatoms. The largest absolute Gasteiger partial charge is 0.331 e. The molecule has 8 nitrogen and oxygen atoms in total. The van der Waals surface area contributed by atoms with Gasteiger partial charge in [0.15, 0.2) is 5.82 Å². The number of aromatic nitrogens is 5. The maximum absolute atomic E-state index is 12.0. The summed E-state index contributed by atoms with van der Waals surface area (Å²) in [5.41, 5.74) is 2.51. The molecule has 2 N–H and O–H groups in total. The lowest BCUT2D eigenvalue weighted by Gasteiger charge is -2.08. The first-order valence-corrected chi connectivity index (χ1v) is 8.44. The Morgan fingerprint density at radius 1 is 1.25 bits per heavy atom. The quantitative estimate of drug-likeness (QED) is 0.743. The van der Waals surface area contributed by atoms with E-state index in [0.717, 1.165) is 29.9 Å². The number of benzene rings is 1. The number of hydrogen-bond acceptors (Lipinski definition) is 6. The molecule has 0 bridgehead atoms. The van der Waals surface area contributed by atoms with Crippen molar-refractivity contribution in [3.05, 3.63) is 41.8 Å². The van der Waals surface area contributed by atoms with Crippen molar-refractivity contribution < 1.29 is 4.79 Å². The highest BCUT2D eigenvalue weighted by molar-refractivity contribution is 7.03. The predicted molar refractivity (Wildman–Crippen MR) is 89.5 cm³/mol. The van der Waals surface area contributed by atoms with Crippen molar-refractivity contribution in [2.75, 3.05) is 5.32 Å². The van der Waals surface area contributed by atoms with Crippen molar-refractivity contribution in [3.8, 4) is 11.3 Å². The third-order valence-electron chi connectivity index (χ3n) is 3.79. The average molecular weight is 341 g/mol. The molecule has 0 spiro atoms. The Hall–Kier alpha value is -2.81. The summed E-state index contributed by atoms with van der Waals surface area (Å²) in [5, 5.41) is 19.5. The Morgan fingerprint density at radius 3 is 2.79 bits per heavy atom. The van der Waals surface area contributed by atoms with Crippen LogP contribution in [-0.2, 0) is 6.54 Å². The Labute approximate surface area is 142 Å². The summed E-state index contributed by atoms with van der Waals surface area (Å²) in [7, 11) is 0. The second-order valence-corrected chi connectivity index (χ2v) is 6.17. The second-order valence-electron chi connectivity index (χ2n) is 5.56. The maximum Gasteiger partial charge on any atom is 0.319 e. The van der Waals surface area contributed by atoms with Gasteiger partial charge in [0.25, 0.3) is 0 Å². The van der Waals surface area contributed by atoms with Gasteiger partial charge in [-0.3, -0.25) is 0 Å². The van der Waals surface area contributed by atoms with Gasteiger partial charge in [0.1, 0.15) is 12.0 Å². The molecule has 3 aromatic rings. The zero-order valence-electron chi connectivity index (χ0n) is 12.7. The highest BCUT2D eigenvalue weighted by Crippen LogP contribution is 2.35. The van der Waals surface area contributed by atoms with Crippen LogP contribution in [0.15, 0.2) is 36.0 Å². The Bertz CT molecular complexity index is 824. The van der Waals surface area contributed by atoms with E-state index < -0.39 is 0 Å². The van der Waals surface area contributed by atoms with Crippen LogP contribution in [-0.4, -0.2) is 30.4 Å². The molecule has 1 fully saturated rings. The van der Waals surface area contributed by atoms with Crippen molar-refractivity contribution in [1.82, 2.24) is 29.7 Å². The SMILES string of the molecule is O=C(NCc1nncn1C1CC1)Nc1ccc(-c2csnn2)cc1. The summed E-state index contributed by atoms with van der Waals surface area (Å²) in [6.45, 7) is 0.352. The summed E-state index contributed by atoms with van der Waals surface area (Å²) in [6.07, 6.45) is 4.02. The minimum Gasteiger partial charge on any atom is -0.331 e. The summed E-state index contributed by atoms with van der Waals surface area (Å²) >= 11 is 1.31. The molecule has 4 rings (SSSR count). The summed E-state index contributed by atoms with van der Waals surface area (Å²) in [4.78, 5) is 12.0. The van der Waals surface area contributed by atoms with Gasteiger partial charge in [0, 0.05) is 22.7 Å². The van der Waals surface area contributed by atoms with E-state index in [1.807, 2.05) is 34.2 Å². The number of amides is 2. The monoisotopic (exact) mass is 341 g/mol. The summed E-state index contributed by atoms with van der Waals surface area (Å²) in [5.74, 6) is 0.777. The molecule has 1 aliphatic rings. The molecule has 2 amide bonds. The lowest BCUT2D eigenvalue weighted by molar-refractivity contribution is 0.251. The van der Waals surface area contributed by atoms with E-state index in [9.17, 15) is 4.79 Å². The molecule has 0 aliphatic heterocycles. The molecule has 0 radical (unpaired) electrons. The molecule has 0 unspecified atom stereocenters. The topological polar surface area (TPSA) is 97.6 Å². The van der Waals surface area contributed by atoms with Gasteiger partial charge in [-0.2, -0.15) is 0 Å². The molecule has 0 atom stereocenters. The van der Waals surface area contributed by atoms with Gasteiger partial charge in [0.2, 0.25) is 0 Å². The normalized spacial score (nSPS) is 13.7. The molecule has 1 aliphatic carbocycles. The number of anilines is 1. The third-order valence-corrected chi connectivity index (χ3v) is 4.30. The van der Waals surface area contributed by atoms with Gasteiger partial charge in [-0.05, 0) is 36.5 Å². The van der Waals surface area contributed by atoms with Crippen molar-refractivity contribution in [1.29, 1.82) is 0 Å². The number of nitrogens with zero attached hydrogens (tertiary/aromatic N) is 5. The van der Waals surface area contributed by atoms with Crippen molar-refractivity contribution in [3.63, 3.8) is 0 Å². The predicted octanol–water partition coefficient (Wildman–Crippen LogP) is 2.45. The first-order chi connectivity index (χ1) is 11.8. The van der Waals surface area contributed by atoms with E-state index in [-0.39, 0.29) is 6.03 Å². The van der Waals surface area contributed by atoms with Gasteiger partial charge in [0.05, 0.1) is 6.54 Å². The number of nitrogens with one attached hydrogen (secondary N) is 2. The zero-order valence-corrected chi connectivity index (χ0v) is 13.5. The molecular weight excluding hydrogens is 326 g/mol.